The van der Waals surface area contributed by atoms with Crippen LogP contribution in [0.4, 0.5) is 0 Å². The highest BCUT2D eigenvalue weighted by Gasteiger charge is 2.12. The average molecular weight is 177 g/mol. The van der Waals surface area contributed by atoms with Crippen LogP contribution in [0.3, 0.4) is 0 Å². The van der Waals surface area contributed by atoms with Gasteiger partial charge in [-0.3, -0.25) is 0 Å². The summed E-state index contributed by atoms with van der Waals surface area (Å²) in [5.41, 5.74) is 5.52. The number of nitrogens with two attached hydrogens (primary N) is 1. The number of ether oxygens (including phenoxy) is 2. The van der Waals surface area contributed by atoms with Gasteiger partial charge < -0.3 is 20.3 Å². The fourth-order valence-corrected chi connectivity index (χ4v) is 0.878. The Hall–Kier alpha value is -0.160. The Morgan fingerprint density at radius 2 is 1.75 bits per heavy atom. The van der Waals surface area contributed by atoms with Crippen LogP contribution in [-0.2, 0) is 9.47 Å². The summed E-state index contributed by atoms with van der Waals surface area (Å²) in [7, 11) is 0. The lowest BCUT2D eigenvalue weighted by Crippen LogP contribution is -2.32. The van der Waals surface area contributed by atoms with E-state index in [1.807, 2.05) is 13.8 Å². The van der Waals surface area contributed by atoms with Gasteiger partial charge in [-0.1, -0.05) is 0 Å². The number of rotatable bonds is 7. The van der Waals surface area contributed by atoms with Gasteiger partial charge in [-0.05, 0) is 13.8 Å². The Kier molecular flexibility index (Phi) is 7.39. The van der Waals surface area contributed by atoms with Crippen molar-refractivity contribution in [2.75, 3.05) is 19.8 Å². The third kappa shape index (κ3) is 5.49. The zero-order chi connectivity index (χ0) is 9.40. The van der Waals surface area contributed by atoms with E-state index in [-0.39, 0.29) is 18.9 Å². The zero-order valence-electron chi connectivity index (χ0n) is 7.82. The fourth-order valence-electron chi connectivity index (χ4n) is 0.878. The third-order valence-corrected chi connectivity index (χ3v) is 1.43. The van der Waals surface area contributed by atoms with Crippen LogP contribution in [0.25, 0.3) is 0 Å². The first-order valence-electron chi connectivity index (χ1n) is 4.34. The van der Waals surface area contributed by atoms with Crippen molar-refractivity contribution in [1.82, 2.24) is 0 Å². The molecule has 0 aromatic rings. The van der Waals surface area contributed by atoms with E-state index >= 15 is 0 Å². The minimum absolute atomic E-state index is 0.0311. The second-order valence-corrected chi connectivity index (χ2v) is 2.52. The summed E-state index contributed by atoms with van der Waals surface area (Å²) in [5.74, 6) is 0. The van der Waals surface area contributed by atoms with Crippen LogP contribution in [-0.4, -0.2) is 37.3 Å². The van der Waals surface area contributed by atoms with Crippen molar-refractivity contribution in [2.45, 2.75) is 32.6 Å². The van der Waals surface area contributed by atoms with Crippen molar-refractivity contribution >= 4 is 0 Å². The van der Waals surface area contributed by atoms with E-state index in [0.717, 1.165) is 0 Å². The standard InChI is InChI=1S/C8H19NO3/c1-3-11-8(12-4-2)5-7(9)6-10/h7-8,10H,3-6,9H2,1-2H3. The van der Waals surface area contributed by atoms with Crippen LogP contribution in [0.2, 0.25) is 0 Å². The Labute approximate surface area is 73.7 Å². The smallest absolute Gasteiger partial charge is 0.159 e. The molecule has 0 amide bonds. The minimum Gasteiger partial charge on any atom is -0.395 e. The largest absolute Gasteiger partial charge is 0.395 e. The maximum absolute atomic E-state index is 8.68. The van der Waals surface area contributed by atoms with E-state index in [4.69, 9.17) is 20.3 Å². The molecule has 0 saturated carbocycles. The molecule has 12 heavy (non-hydrogen) atoms. The van der Waals surface area contributed by atoms with Gasteiger partial charge in [-0.2, -0.15) is 0 Å². The van der Waals surface area contributed by atoms with E-state index in [1.165, 1.54) is 0 Å². The Bertz CT molecular complexity index is 94.3. The number of aliphatic hydroxyl groups excluding tert-OH is 1. The van der Waals surface area contributed by atoms with Crippen molar-refractivity contribution in [3.8, 4) is 0 Å². The van der Waals surface area contributed by atoms with Crippen LogP contribution in [0.1, 0.15) is 20.3 Å². The highest BCUT2D eigenvalue weighted by molar-refractivity contribution is 4.61. The second kappa shape index (κ2) is 7.49. The zero-order valence-corrected chi connectivity index (χ0v) is 7.82. The molecule has 0 bridgehead atoms. The van der Waals surface area contributed by atoms with Gasteiger partial charge >= 0.3 is 0 Å². The molecule has 1 unspecified atom stereocenters. The lowest BCUT2D eigenvalue weighted by atomic mass is 10.2. The summed E-state index contributed by atoms with van der Waals surface area (Å²) in [4.78, 5) is 0. The molecule has 0 rings (SSSR count). The van der Waals surface area contributed by atoms with E-state index in [2.05, 4.69) is 0 Å². The molecule has 0 aliphatic rings. The number of aliphatic hydroxyl groups is 1. The molecule has 4 heteroatoms. The molecular weight excluding hydrogens is 158 g/mol. The van der Waals surface area contributed by atoms with Gasteiger partial charge in [0, 0.05) is 25.7 Å². The first-order valence-corrected chi connectivity index (χ1v) is 4.34. The molecule has 0 aromatic heterocycles. The van der Waals surface area contributed by atoms with Crippen molar-refractivity contribution in [3.63, 3.8) is 0 Å². The van der Waals surface area contributed by atoms with E-state index in [1.54, 1.807) is 0 Å². The van der Waals surface area contributed by atoms with Crippen molar-refractivity contribution in [2.24, 2.45) is 5.73 Å². The molecule has 3 N–H and O–H groups in total. The van der Waals surface area contributed by atoms with Crippen molar-refractivity contribution in [1.29, 1.82) is 0 Å². The summed E-state index contributed by atoms with van der Waals surface area (Å²) >= 11 is 0. The lowest BCUT2D eigenvalue weighted by Gasteiger charge is -2.19. The van der Waals surface area contributed by atoms with Gasteiger partial charge in [-0.25, -0.2) is 0 Å². The molecule has 0 aliphatic heterocycles. The molecule has 0 spiro atoms. The van der Waals surface area contributed by atoms with Crippen LogP contribution >= 0.6 is 0 Å². The fraction of sp³-hybridized carbons (Fsp3) is 1.00. The summed E-state index contributed by atoms with van der Waals surface area (Å²) in [5, 5.41) is 8.68. The Morgan fingerprint density at radius 1 is 1.25 bits per heavy atom. The molecule has 0 heterocycles. The van der Waals surface area contributed by atoms with Crippen molar-refractivity contribution in [3.05, 3.63) is 0 Å². The van der Waals surface area contributed by atoms with E-state index in [9.17, 15) is 0 Å². The predicted octanol–water partition coefficient (Wildman–Crippen LogP) is 0.0952. The first-order chi connectivity index (χ1) is 5.74. The van der Waals surface area contributed by atoms with Crippen LogP contribution in [0, 0.1) is 0 Å². The maximum atomic E-state index is 8.68. The Morgan fingerprint density at radius 3 is 2.08 bits per heavy atom. The van der Waals surface area contributed by atoms with Crippen molar-refractivity contribution < 1.29 is 14.6 Å². The van der Waals surface area contributed by atoms with Crippen LogP contribution < -0.4 is 5.73 Å². The molecule has 0 radical (unpaired) electrons. The van der Waals surface area contributed by atoms with Gasteiger partial charge in [0.1, 0.15) is 0 Å². The van der Waals surface area contributed by atoms with Gasteiger partial charge in [0.2, 0.25) is 0 Å². The van der Waals surface area contributed by atoms with Gasteiger partial charge in [0.15, 0.2) is 6.29 Å². The van der Waals surface area contributed by atoms with Gasteiger partial charge in [0.25, 0.3) is 0 Å². The SMILES string of the molecule is CCOC(CC(N)CO)OCC. The van der Waals surface area contributed by atoms with Crippen LogP contribution in [0.5, 0.6) is 0 Å². The molecule has 0 aromatic carbocycles. The molecular formula is C8H19NO3. The lowest BCUT2D eigenvalue weighted by molar-refractivity contribution is -0.143. The molecule has 1 atom stereocenters. The van der Waals surface area contributed by atoms with E-state index < -0.39 is 0 Å². The first kappa shape index (κ1) is 11.8. The number of hydrogen-bond donors (Lipinski definition) is 2. The highest BCUT2D eigenvalue weighted by atomic mass is 16.7. The highest BCUT2D eigenvalue weighted by Crippen LogP contribution is 2.03. The summed E-state index contributed by atoms with van der Waals surface area (Å²) in [6.45, 7) is 4.97. The quantitative estimate of drug-likeness (QED) is 0.541. The molecule has 0 aliphatic carbocycles. The van der Waals surface area contributed by atoms with E-state index in [0.29, 0.717) is 19.6 Å². The summed E-state index contributed by atoms with van der Waals surface area (Å²) in [6.07, 6.45) is 0.264. The normalized spacial score (nSPS) is 13.8. The summed E-state index contributed by atoms with van der Waals surface area (Å²) in [6, 6.07) is -0.256. The average Bonchev–Trinajstić information content (AvgIpc) is 2.05. The Balaban J connectivity index is 3.61. The van der Waals surface area contributed by atoms with Crippen LogP contribution in [0.15, 0.2) is 0 Å². The monoisotopic (exact) mass is 177 g/mol. The minimum atomic E-state index is -0.276. The third-order valence-electron chi connectivity index (χ3n) is 1.43. The predicted molar refractivity (Wildman–Crippen MR) is 46.7 cm³/mol. The van der Waals surface area contributed by atoms with Gasteiger partial charge in [0.05, 0.1) is 6.61 Å². The molecule has 4 nitrogen and oxygen atoms in total. The second-order valence-electron chi connectivity index (χ2n) is 2.52. The topological polar surface area (TPSA) is 64.7 Å². The maximum Gasteiger partial charge on any atom is 0.159 e. The number of hydrogen-bond acceptors (Lipinski definition) is 4. The molecule has 74 valence electrons. The van der Waals surface area contributed by atoms with Gasteiger partial charge in [-0.15, -0.1) is 0 Å². The molecule has 0 fully saturated rings. The summed E-state index contributed by atoms with van der Waals surface area (Å²) < 4.78 is 10.5. The molecule has 0 saturated heterocycles.